The molecule has 3 heteroatoms. The van der Waals surface area contributed by atoms with Crippen LogP contribution in [0.15, 0.2) is 0 Å². The van der Waals surface area contributed by atoms with Crippen LogP contribution in [0.1, 0.15) is 27.2 Å². The minimum atomic E-state index is -0.0182. The molecule has 1 rings (SSSR count). The van der Waals surface area contributed by atoms with Crippen LogP contribution >= 0.6 is 0 Å². The van der Waals surface area contributed by atoms with E-state index in [1.807, 2.05) is 0 Å². The van der Waals surface area contributed by atoms with Gasteiger partial charge in [-0.15, -0.1) is 0 Å². The predicted molar refractivity (Wildman–Crippen MR) is 57.5 cm³/mol. The van der Waals surface area contributed by atoms with Crippen LogP contribution < -0.4 is 5.32 Å². The lowest BCUT2D eigenvalue weighted by Crippen LogP contribution is -2.53. The molecule has 0 spiro atoms. The van der Waals surface area contributed by atoms with E-state index in [2.05, 4.69) is 26.1 Å². The smallest absolute Gasteiger partial charge is 0.0940 e. The Bertz CT molecular complexity index is 171. The maximum Gasteiger partial charge on any atom is 0.0940 e. The van der Waals surface area contributed by atoms with Crippen molar-refractivity contribution in [3.63, 3.8) is 0 Å². The molecule has 2 unspecified atom stereocenters. The van der Waals surface area contributed by atoms with Crippen molar-refractivity contribution in [3.8, 4) is 0 Å². The highest BCUT2D eigenvalue weighted by molar-refractivity contribution is 4.86. The van der Waals surface area contributed by atoms with Gasteiger partial charge in [-0.1, -0.05) is 13.8 Å². The summed E-state index contributed by atoms with van der Waals surface area (Å²) in [4.78, 5) is 0. The molecular formula is C11H23NO2. The topological polar surface area (TPSA) is 30.5 Å². The van der Waals surface area contributed by atoms with Gasteiger partial charge in [-0.2, -0.15) is 0 Å². The number of methoxy groups -OCH3 is 1. The van der Waals surface area contributed by atoms with Gasteiger partial charge in [-0.3, -0.25) is 0 Å². The first kappa shape index (κ1) is 12.0. The molecule has 1 fully saturated rings. The Morgan fingerprint density at radius 2 is 2.29 bits per heavy atom. The highest BCUT2D eigenvalue weighted by atomic mass is 16.5. The molecule has 1 aliphatic rings. The summed E-state index contributed by atoms with van der Waals surface area (Å²) < 4.78 is 11.2. The molecule has 0 radical (unpaired) electrons. The lowest BCUT2D eigenvalue weighted by atomic mass is 9.92. The summed E-state index contributed by atoms with van der Waals surface area (Å²) in [5.41, 5.74) is -0.0182. The molecule has 1 heterocycles. The third kappa shape index (κ3) is 3.56. The van der Waals surface area contributed by atoms with Crippen LogP contribution in [-0.4, -0.2) is 38.5 Å². The van der Waals surface area contributed by atoms with Crippen LogP contribution in [0, 0.1) is 5.92 Å². The second kappa shape index (κ2) is 5.10. The van der Waals surface area contributed by atoms with Crippen molar-refractivity contribution in [1.29, 1.82) is 0 Å². The third-order valence-corrected chi connectivity index (χ3v) is 2.51. The lowest BCUT2D eigenvalue weighted by Gasteiger charge is -2.40. The van der Waals surface area contributed by atoms with Crippen molar-refractivity contribution in [1.82, 2.24) is 5.32 Å². The number of rotatable bonds is 4. The highest BCUT2D eigenvalue weighted by Crippen LogP contribution is 2.24. The standard InChI is InChI=1S/C11H23NO2/c1-9(2)5-11(3)8-12-6-10(14-11)7-13-4/h9-10,12H,5-8H2,1-4H3. The number of hydrogen-bond donors (Lipinski definition) is 1. The second-order valence-electron chi connectivity index (χ2n) is 4.87. The van der Waals surface area contributed by atoms with Crippen molar-refractivity contribution in [2.45, 2.75) is 38.9 Å². The Morgan fingerprint density at radius 1 is 1.57 bits per heavy atom. The quantitative estimate of drug-likeness (QED) is 0.746. The van der Waals surface area contributed by atoms with E-state index in [9.17, 15) is 0 Å². The van der Waals surface area contributed by atoms with E-state index < -0.39 is 0 Å². The van der Waals surface area contributed by atoms with Gasteiger partial charge in [0, 0.05) is 20.2 Å². The number of hydrogen-bond acceptors (Lipinski definition) is 3. The number of morpholine rings is 1. The van der Waals surface area contributed by atoms with E-state index in [1.165, 1.54) is 0 Å². The molecule has 0 aromatic heterocycles. The average molecular weight is 201 g/mol. The summed E-state index contributed by atoms with van der Waals surface area (Å²) in [6.07, 6.45) is 1.30. The molecule has 0 bridgehead atoms. The summed E-state index contributed by atoms with van der Waals surface area (Å²) in [7, 11) is 1.72. The predicted octanol–water partition coefficient (Wildman–Crippen LogP) is 1.43. The molecule has 1 aliphatic heterocycles. The molecular weight excluding hydrogens is 178 g/mol. The summed E-state index contributed by atoms with van der Waals surface area (Å²) in [5.74, 6) is 0.670. The first-order chi connectivity index (χ1) is 6.56. The maximum atomic E-state index is 6.04. The average Bonchev–Trinajstić information content (AvgIpc) is 2.01. The van der Waals surface area contributed by atoms with Crippen molar-refractivity contribution < 1.29 is 9.47 Å². The molecule has 3 nitrogen and oxygen atoms in total. The van der Waals surface area contributed by atoms with E-state index in [-0.39, 0.29) is 11.7 Å². The van der Waals surface area contributed by atoms with Crippen molar-refractivity contribution in [2.24, 2.45) is 5.92 Å². The molecule has 84 valence electrons. The molecule has 0 aliphatic carbocycles. The van der Waals surface area contributed by atoms with E-state index >= 15 is 0 Å². The number of ether oxygens (including phenoxy) is 2. The summed E-state index contributed by atoms with van der Waals surface area (Å²) in [6, 6.07) is 0. The zero-order chi connectivity index (χ0) is 10.6. The van der Waals surface area contributed by atoms with Crippen LogP contribution in [0.25, 0.3) is 0 Å². The minimum absolute atomic E-state index is 0.0182. The van der Waals surface area contributed by atoms with Gasteiger partial charge >= 0.3 is 0 Å². The zero-order valence-corrected chi connectivity index (χ0v) is 9.80. The van der Waals surface area contributed by atoms with Gasteiger partial charge in [0.15, 0.2) is 0 Å². The fraction of sp³-hybridized carbons (Fsp3) is 1.00. The minimum Gasteiger partial charge on any atom is -0.382 e. The molecule has 1 N–H and O–H groups in total. The molecule has 0 aromatic carbocycles. The Hall–Kier alpha value is -0.120. The fourth-order valence-corrected chi connectivity index (χ4v) is 2.25. The first-order valence-corrected chi connectivity index (χ1v) is 5.43. The van der Waals surface area contributed by atoms with Gasteiger partial charge in [0.25, 0.3) is 0 Å². The van der Waals surface area contributed by atoms with E-state index in [0.717, 1.165) is 19.5 Å². The van der Waals surface area contributed by atoms with Crippen molar-refractivity contribution >= 4 is 0 Å². The molecule has 0 saturated carbocycles. The van der Waals surface area contributed by atoms with Crippen molar-refractivity contribution in [2.75, 3.05) is 26.8 Å². The summed E-state index contributed by atoms with van der Waals surface area (Å²) in [6.45, 7) is 9.18. The fourth-order valence-electron chi connectivity index (χ4n) is 2.25. The van der Waals surface area contributed by atoms with E-state index in [0.29, 0.717) is 12.5 Å². The highest BCUT2D eigenvalue weighted by Gasteiger charge is 2.33. The van der Waals surface area contributed by atoms with Crippen LogP contribution in [0.5, 0.6) is 0 Å². The van der Waals surface area contributed by atoms with Crippen LogP contribution in [0.2, 0.25) is 0 Å². The second-order valence-corrected chi connectivity index (χ2v) is 4.87. The van der Waals surface area contributed by atoms with E-state index in [4.69, 9.17) is 9.47 Å². The Balaban J connectivity index is 2.44. The van der Waals surface area contributed by atoms with Gasteiger partial charge < -0.3 is 14.8 Å². The summed E-state index contributed by atoms with van der Waals surface area (Å²) in [5, 5.41) is 3.41. The Morgan fingerprint density at radius 3 is 2.86 bits per heavy atom. The molecule has 1 saturated heterocycles. The van der Waals surface area contributed by atoms with Crippen LogP contribution in [-0.2, 0) is 9.47 Å². The SMILES string of the molecule is COCC1CNCC(C)(CC(C)C)O1. The van der Waals surface area contributed by atoms with Gasteiger partial charge in [0.1, 0.15) is 0 Å². The van der Waals surface area contributed by atoms with E-state index in [1.54, 1.807) is 7.11 Å². The lowest BCUT2D eigenvalue weighted by molar-refractivity contribution is -0.132. The maximum absolute atomic E-state index is 6.04. The van der Waals surface area contributed by atoms with Crippen molar-refractivity contribution in [3.05, 3.63) is 0 Å². The molecule has 2 atom stereocenters. The van der Waals surface area contributed by atoms with Crippen LogP contribution in [0.4, 0.5) is 0 Å². The Labute approximate surface area is 87.2 Å². The van der Waals surface area contributed by atoms with Crippen LogP contribution in [0.3, 0.4) is 0 Å². The van der Waals surface area contributed by atoms with Gasteiger partial charge in [-0.05, 0) is 19.3 Å². The molecule has 0 aromatic rings. The largest absolute Gasteiger partial charge is 0.382 e. The number of nitrogens with one attached hydrogen (secondary N) is 1. The summed E-state index contributed by atoms with van der Waals surface area (Å²) >= 11 is 0. The monoisotopic (exact) mass is 201 g/mol. The molecule has 14 heavy (non-hydrogen) atoms. The third-order valence-electron chi connectivity index (χ3n) is 2.51. The Kier molecular flexibility index (Phi) is 4.35. The first-order valence-electron chi connectivity index (χ1n) is 5.43. The normalized spacial score (nSPS) is 33.6. The van der Waals surface area contributed by atoms with Gasteiger partial charge in [-0.25, -0.2) is 0 Å². The zero-order valence-electron chi connectivity index (χ0n) is 9.80. The van der Waals surface area contributed by atoms with Gasteiger partial charge in [0.2, 0.25) is 0 Å². The van der Waals surface area contributed by atoms with Gasteiger partial charge in [0.05, 0.1) is 18.3 Å². The molecule has 0 amide bonds.